The molecule has 0 bridgehead atoms. The number of aromatic nitrogens is 3. The highest BCUT2D eigenvalue weighted by molar-refractivity contribution is 5.78. The molecule has 0 atom stereocenters. The summed E-state index contributed by atoms with van der Waals surface area (Å²) in [7, 11) is 0. The molecule has 0 unspecified atom stereocenters. The number of fused-ring (bicyclic) bond motifs is 1. The summed E-state index contributed by atoms with van der Waals surface area (Å²) in [6, 6.07) is 19.6. The third kappa shape index (κ3) is 2.86. The third-order valence-corrected chi connectivity index (χ3v) is 4.13. The number of hydrogen-bond donors (Lipinski definition) is 1. The van der Waals surface area contributed by atoms with E-state index in [1.165, 1.54) is 0 Å². The zero-order valence-electron chi connectivity index (χ0n) is 13.1. The van der Waals surface area contributed by atoms with Crippen LogP contribution < -0.4 is 0 Å². The Hall–Kier alpha value is -3.14. The predicted molar refractivity (Wildman–Crippen MR) is 94.0 cm³/mol. The van der Waals surface area contributed by atoms with Crippen molar-refractivity contribution in [1.82, 2.24) is 14.5 Å². The molecule has 0 spiro atoms. The van der Waals surface area contributed by atoms with Gasteiger partial charge >= 0.3 is 0 Å². The molecule has 0 amide bonds. The van der Waals surface area contributed by atoms with Gasteiger partial charge in [0, 0.05) is 35.5 Å². The van der Waals surface area contributed by atoms with Gasteiger partial charge in [0.05, 0.1) is 12.1 Å². The van der Waals surface area contributed by atoms with Gasteiger partial charge in [0.25, 0.3) is 0 Å². The molecule has 1 N–H and O–H groups in total. The quantitative estimate of drug-likeness (QED) is 0.623. The van der Waals surface area contributed by atoms with Crippen molar-refractivity contribution in [3.05, 3.63) is 90.1 Å². The van der Waals surface area contributed by atoms with Gasteiger partial charge in [-0.05, 0) is 18.2 Å². The van der Waals surface area contributed by atoms with Gasteiger partial charge in [0.1, 0.15) is 11.6 Å². The van der Waals surface area contributed by atoms with E-state index in [4.69, 9.17) is 4.98 Å². The maximum Gasteiger partial charge on any atom is 0.120 e. The maximum atomic E-state index is 9.96. The standard InChI is InChI=1S/C20H17N3O/c24-19-8-4-2-6-16(19)14-23-12-11-21-20(23)13-17-10-9-15-5-1-3-7-18(15)22-17/h1-12,24H,13-14H2. The second-order valence-corrected chi connectivity index (χ2v) is 5.77. The molecular weight excluding hydrogens is 298 g/mol. The van der Waals surface area contributed by atoms with Gasteiger partial charge in [-0.3, -0.25) is 4.98 Å². The van der Waals surface area contributed by atoms with Gasteiger partial charge in [-0.2, -0.15) is 0 Å². The molecule has 4 aromatic rings. The molecule has 0 saturated heterocycles. The second kappa shape index (κ2) is 6.16. The Morgan fingerprint density at radius 2 is 1.75 bits per heavy atom. The van der Waals surface area contributed by atoms with Crippen LogP contribution in [0.25, 0.3) is 10.9 Å². The van der Waals surface area contributed by atoms with Crippen LogP contribution in [-0.4, -0.2) is 19.6 Å². The van der Waals surface area contributed by atoms with Gasteiger partial charge in [-0.25, -0.2) is 4.98 Å². The van der Waals surface area contributed by atoms with Gasteiger partial charge in [-0.15, -0.1) is 0 Å². The molecule has 2 aromatic heterocycles. The minimum Gasteiger partial charge on any atom is -0.508 e. The highest BCUT2D eigenvalue weighted by Crippen LogP contribution is 2.19. The van der Waals surface area contributed by atoms with Crippen molar-refractivity contribution >= 4 is 10.9 Å². The summed E-state index contributed by atoms with van der Waals surface area (Å²) in [5.74, 6) is 1.24. The summed E-state index contributed by atoms with van der Waals surface area (Å²) in [6.45, 7) is 0.593. The first kappa shape index (κ1) is 14.5. The molecule has 0 radical (unpaired) electrons. The zero-order valence-corrected chi connectivity index (χ0v) is 13.1. The number of phenolic OH excluding ortho intramolecular Hbond substituents is 1. The summed E-state index contributed by atoms with van der Waals surface area (Å²) in [5, 5.41) is 11.1. The topological polar surface area (TPSA) is 50.9 Å². The van der Waals surface area contributed by atoms with Crippen LogP contribution in [0, 0.1) is 0 Å². The van der Waals surface area contributed by atoms with E-state index in [-0.39, 0.29) is 0 Å². The van der Waals surface area contributed by atoms with Crippen molar-refractivity contribution in [3.63, 3.8) is 0 Å². The highest BCUT2D eigenvalue weighted by atomic mass is 16.3. The van der Waals surface area contributed by atoms with E-state index in [0.717, 1.165) is 28.0 Å². The first-order valence-electron chi connectivity index (χ1n) is 7.91. The van der Waals surface area contributed by atoms with Crippen LogP contribution >= 0.6 is 0 Å². The average Bonchev–Trinajstić information content (AvgIpc) is 3.04. The Kier molecular flexibility index (Phi) is 3.71. The summed E-state index contributed by atoms with van der Waals surface area (Å²) in [4.78, 5) is 9.17. The first-order valence-corrected chi connectivity index (χ1v) is 7.91. The largest absolute Gasteiger partial charge is 0.508 e. The number of rotatable bonds is 4. The van der Waals surface area contributed by atoms with Crippen LogP contribution in [0.15, 0.2) is 73.1 Å². The Labute approximate surface area is 140 Å². The van der Waals surface area contributed by atoms with Crippen LogP contribution in [-0.2, 0) is 13.0 Å². The Morgan fingerprint density at radius 3 is 2.67 bits per heavy atom. The van der Waals surface area contributed by atoms with E-state index in [0.29, 0.717) is 18.7 Å². The Bertz CT molecular complexity index is 991. The van der Waals surface area contributed by atoms with Gasteiger partial charge in [-0.1, -0.05) is 42.5 Å². The van der Waals surface area contributed by atoms with Crippen LogP contribution in [0.3, 0.4) is 0 Å². The third-order valence-electron chi connectivity index (χ3n) is 4.13. The fourth-order valence-electron chi connectivity index (χ4n) is 2.85. The average molecular weight is 315 g/mol. The molecule has 118 valence electrons. The molecule has 4 rings (SSSR count). The lowest BCUT2D eigenvalue weighted by Gasteiger charge is -2.09. The number of pyridine rings is 1. The molecule has 0 aliphatic rings. The van der Waals surface area contributed by atoms with E-state index in [1.54, 1.807) is 12.3 Å². The van der Waals surface area contributed by atoms with Gasteiger partial charge < -0.3 is 9.67 Å². The molecule has 24 heavy (non-hydrogen) atoms. The van der Waals surface area contributed by atoms with Crippen molar-refractivity contribution < 1.29 is 5.11 Å². The SMILES string of the molecule is Oc1ccccc1Cn1ccnc1Cc1ccc2ccccc2n1. The van der Waals surface area contributed by atoms with Crippen LogP contribution in [0.4, 0.5) is 0 Å². The van der Waals surface area contributed by atoms with Crippen molar-refractivity contribution in [2.24, 2.45) is 0 Å². The van der Waals surface area contributed by atoms with Crippen LogP contribution in [0.5, 0.6) is 5.75 Å². The molecular formula is C20H17N3O. The summed E-state index contributed by atoms with van der Waals surface area (Å²) in [6.07, 6.45) is 4.38. The van der Waals surface area contributed by atoms with Gasteiger partial charge in [0.2, 0.25) is 0 Å². The first-order chi connectivity index (χ1) is 11.8. The molecule has 2 aromatic carbocycles. The fourth-order valence-corrected chi connectivity index (χ4v) is 2.85. The van der Waals surface area contributed by atoms with Crippen LogP contribution in [0.2, 0.25) is 0 Å². The lowest BCUT2D eigenvalue weighted by atomic mass is 10.1. The number of para-hydroxylation sites is 2. The number of aromatic hydroxyl groups is 1. The maximum absolute atomic E-state index is 9.96. The molecule has 0 fully saturated rings. The van der Waals surface area contributed by atoms with Gasteiger partial charge in [0.15, 0.2) is 0 Å². The number of benzene rings is 2. The van der Waals surface area contributed by atoms with E-state index >= 15 is 0 Å². The summed E-state index contributed by atoms with van der Waals surface area (Å²) >= 11 is 0. The number of phenols is 1. The van der Waals surface area contributed by atoms with Crippen molar-refractivity contribution in [2.45, 2.75) is 13.0 Å². The number of imidazole rings is 1. The molecule has 0 aliphatic carbocycles. The lowest BCUT2D eigenvalue weighted by molar-refractivity contribution is 0.465. The molecule has 4 heteroatoms. The number of nitrogens with zero attached hydrogens (tertiary/aromatic N) is 3. The van der Waals surface area contributed by atoms with Crippen molar-refractivity contribution in [2.75, 3.05) is 0 Å². The normalized spacial score (nSPS) is 11.0. The second-order valence-electron chi connectivity index (χ2n) is 5.77. The van der Waals surface area contributed by atoms with E-state index < -0.39 is 0 Å². The van der Waals surface area contributed by atoms with E-state index in [9.17, 15) is 5.11 Å². The fraction of sp³-hybridized carbons (Fsp3) is 0.100. The van der Waals surface area contributed by atoms with E-state index in [2.05, 4.69) is 17.1 Å². The Morgan fingerprint density at radius 1 is 0.917 bits per heavy atom. The van der Waals surface area contributed by atoms with Crippen molar-refractivity contribution in [1.29, 1.82) is 0 Å². The molecule has 2 heterocycles. The highest BCUT2D eigenvalue weighted by Gasteiger charge is 2.08. The van der Waals surface area contributed by atoms with E-state index in [1.807, 2.05) is 53.2 Å². The molecule has 0 aliphatic heterocycles. The minimum atomic E-state index is 0.306. The smallest absolute Gasteiger partial charge is 0.120 e. The predicted octanol–water partition coefficient (Wildman–Crippen LogP) is 3.78. The lowest BCUT2D eigenvalue weighted by Crippen LogP contribution is -2.06. The number of hydrogen-bond acceptors (Lipinski definition) is 3. The molecule has 4 nitrogen and oxygen atoms in total. The minimum absolute atomic E-state index is 0.306. The van der Waals surface area contributed by atoms with Crippen molar-refractivity contribution in [3.8, 4) is 5.75 Å². The molecule has 0 saturated carbocycles. The van der Waals surface area contributed by atoms with Crippen LogP contribution in [0.1, 0.15) is 17.1 Å². The summed E-state index contributed by atoms with van der Waals surface area (Å²) < 4.78 is 2.05. The zero-order chi connectivity index (χ0) is 16.4. The summed E-state index contributed by atoms with van der Waals surface area (Å²) in [5.41, 5.74) is 2.86. The monoisotopic (exact) mass is 315 g/mol. The Balaban J connectivity index is 1.61.